The second kappa shape index (κ2) is 9.58. The molecule has 3 aromatic rings. The van der Waals surface area contributed by atoms with E-state index in [1.54, 1.807) is 12.1 Å². The third-order valence-corrected chi connectivity index (χ3v) is 6.48. The van der Waals surface area contributed by atoms with Gasteiger partial charge in [-0.05, 0) is 48.2 Å². The molecule has 2 N–H and O–H groups in total. The van der Waals surface area contributed by atoms with Gasteiger partial charge in [0.1, 0.15) is 12.1 Å². The Kier molecular flexibility index (Phi) is 6.55. The number of hydrogen-bond acceptors (Lipinski definition) is 5. The first-order chi connectivity index (χ1) is 16.7. The fourth-order valence-corrected chi connectivity index (χ4v) is 4.08. The Bertz CT molecular complexity index is 1220. The number of anilines is 1. The van der Waals surface area contributed by atoms with Gasteiger partial charge in [-0.15, -0.1) is 0 Å². The lowest BCUT2D eigenvalue weighted by molar-refractivity contribution is -0.155. The maximum Gasteiger partial charge on any atom is 0.411 e. The van der Waals surface area contributed by atoms with Crippen LogP contribution >= 0.6 is 0 Å². The van der Waals surface area contributed by atoms with Crippen LogP contribution in [0.5, 0.6) is 0 Å². The van der Waals surface area contributed by atoms with Gasteiger partial charge in [0, 0.05) is 18.7 Å². The highest BCUT2D eigenvalue weighted by Gasteiger charge is 2.35. The van der Waals surface area contributed by atoms with Crippen LogP contribution in [0.25, 0.3) is 11.1 Å². The molecular formula is C27H27N3O5. The van der Waals surface area contributed by atoms with E-state index in [1.807, 2.05) is 24.3 Å². The number of carbonyl (C=O) groups is 3. The number of aromatic nitrogens is 1. The van der Waals surface area contributed by atoms with Crippen LogP contribution in [0.4, 0.5) is 10.5 Å². The molecule has 0 unspecified atom stereocenters. The molecule has 2 aromatic carbocycles. The number of carboxylic acids is 1. The molecule has 0 saturated heterocycles. The molecule has 8 heteroatoms. The zero-order chi connectivity index (χ0) is 25.2. The average molecular weight is 474 g/mol. The molecule has 1 heterocycles. The van der Waals surface area contributed by atoms with Crippen LogP contribution in [-0.4, -0.2) is 52.2 Å². The van der Waals surface area contributed by atoms with Gasteiger partial charge in [0.15, 0.2) is 0 Å². The van der Waals surface area contributed by atoms with E-state index in [-0.39, 0.29) is 24.9 Å². The number of nitrogens with one attached hydrogen (secondary N) is 1. The Balaban J connectivity index is 1.34. The minimum Gasteiger partial charge on any atom is -0.480 e. The summed E-state index contributed by atoms with van der Waals surface area (Å²) in [5.74, 6) is -1.50. The summed E-state index contributed by atoms with van der Waals surface area (Å²) in [6.07, 6.45) is 0.783. The zero-order valence-electron chi connectivity index (χ0n) is 19.8. The number of carboxylic acid groups (broad SMARTS) is 1. The lowest BCUT2D eigenvalue weighted by Gasteiger charge is -2.31. The quantitative estimate of drug-likeness (QED) is 0.529. The summed E-state index contributed by atoms with van der Waals surface area (Å²) in [6, 6.07) is 19.5. The van der Waals surface area contributed by atoms with Gasteiger partial charge in [-0.1, -0.05) is 48.5 Å². The van der Waals surface area contributed by atoms with Gasteiger partial charge in [-0.2, -0.15) is 0 Å². The molecule has 1 aliphatic rings. The molecule has 0 fully saturated rings. The molecule has 4 rings (SSSR count). The van der Waals surface area contributed by atoms with Crippen molar-refractivity contribution in [2.45, 2.75) is 31.7 Å². The Labute approximate surface area is 203 Å². The third kappa shape index (κ3) is 4.87. The standard InChI is InChI=1S/C27H27N3O5/c1-27(2,25(32)33)30(3)24(31)14-17-12-13-18(15-28-17)29-26(34)35-16-23-21-10-6-4-8-19(21)20-9-5-7-11-22(20)23/h4-13,15,23H,14,16H2,1-3H3,(H,29,34)(H,32,33). The first-order valence-corrected chi connectivity index (χ1v) is 11.3. The minimum atomic E-state index is -1.33. The molecule has 2 amide bonds. The monoisotopic (exact) mass is 473 g/mol. The first kappa shape index (κ1) is 23.9. The van der Waals surface area contributed by atoms with Gasteiger partial charge >= 0.3 is 12.1 Å². The van der Waals surface area contributed by atoms with Crippen molar-refractivity contribution in [1.29, 1.82) is 0 Å². The van der Waals surface area contributed by atoms with Crippen molar-refractivity contribution in [3.63, 3.8) is 0 Å². The number of benzene rings is 2. The predicted octanol–water partition coefficient (Wildman–Crippen LogP) is 4.31. The van der Waals surface area contributed by atoms with Gasteiger partial charge in [0.05, 0.1) is 18.3 Å². The molecule has 0 bridgehead atoms. The number of ether oxygens (including phenoxy) is 1. The third-order valence-electron chi connectivity index (χ3n) is 6.48. The van der Waals surface area contributed by atoms with E-state index in [2.05, 4.69) is 34.6 Å². The molecular weight excluding hydrogens is 446 g/mol. The topological polar surface area (TPSA) is 109 Å². The maximum atomic E-state index is 12.4. The van der Waals surface area contributed by atoms with E-state index in [0.29, 0.717) is 11.4 Å². The fourth-order valence-electron chi connectivity index (χ4n) is 4.08. The Morgan fingerprint density at radius 2 is 1.60 bits per heavy atom. The number of amides is 2. The van der Waals surface area contributed by atoms with Gasteiger partial charge in [-0.3, -0.25) is 15.1 Å². The number of aliphatic carboxylic acids is 1. The summed E-state index contributed by atoms with van der Waals surface area (Å²) < 4.78 is 5.54. The summed E-state index contributed by atoms with van der Waals surface area (Å²) >= 11 is 0. The van der Waals surface area contributed by atoms with E-state index in [0.717, 1.165) is 22.3 Å². The lowest BCUT2D eigenvalue weighted by Crippen LogP contribution is -2.51. The predicted molar refractivity (Wildman–Crippen MR) is 131 cm³/mol. The number of rotatable bonds is 7. The van der Waals surface area contributed by atoms with Gasteiger partial charge < -0.3 is 14.7 Å². The lowest BCUT2D eigenvalue weighted by atomic mass is 9.98. The largest absolute Gasteiger partial charge is 0.480 e. The van der Waals surface area contributed by atoms with Crippen LogP contribution in [0, 0.1) is 0 Å². The van der Waals surface area contributed by atoms with Crippen LogP contribution in [0.1, 0.15) is 36.6 Å². The van der Waals surface area contributed by atoms with Crippen LogP contribution in [0.15, 0.2) is 66.9 Å². The van der Waals surface area contributed by atoms with Crippen molar-refractivity contribution in [1.82, 2.24) is 9.88 Å². The molecule has 0 spiro atoms. The Morgan fingerprint density at radius 1 is 1.00 bits per heavy atom. The van der Waals surface area contributed by atoms with Crippen LogP contribution < -0.4 is 5.32 Å². The van der Waals surface area contributed by atoms with Crippen LogP contribution in [-0.2, 0) is 20.7 Å². The Hall–Kier alpha value is -4.20. The average Bonchev–Trinajstić information content (AvgIpc) is 3.17. The molecule has 1 aromatic heterocycles. The molecule has 0 atom stereocenters. The Morgan fingerprint density at radius 3 is 2.14 bits per heavy atom. The number of likely N-dealkylation sites (N-methyl/N-ethyl adjacent to an activating group) is 1. The SMILES string of the molecule is CN(C(=O)Cc1ccc(NC(=O)OCC2c3ccccc3-c3ccccc32)cn1)C(C)(C)C(=O)O. The smallest absolute Gasteiger partial charge is 0.411 e. The van der Waals surface area contributed by atoms with Crippen molar-refractivity contribution in [2.75, 3.05) is 19.0 Å². The minimum absolute atomic E-state index is 0.0355. The van der Waals surface area contributed by atoms with Gasteiger partial charge in [0.25, 0.3) is 0 Å². The number of hydrogen-bond donors (Lipinski definition) is 2. The summed E-state index contributed by atoms with van der Waals surface area (Å²) in [7, 11) is 1.45. The number of pyridine rings is 1. The summed E-state index contributed by atoms with van der Waals surface area (Å²) in [6.45, 7) is 3.12. The van der Waals surface area contributed by atoms with Crippen molar-refractivity contribution >= 4 is 23.7 Å². The summed E-state index contributed by atoms with van der Waals surface area (Å²) in [5.41, 5.74) is 4.13. The number of nitrogens with zero attached hydrogens (tertiary/aromatic N) is 2. The molecule has 8 nitrogen and oxygen atoms in total. The van der Waals surface area contributed by atoms with Crippen molar-refractivity contribution in [2.24, 2.45) is 0 Å². The molecule has 0 radical (unpaired) electrons. The van der Waals surface area contributed by atoms with Crippen molar-refractivity contribution < 1.29 is 24.2 Å². The van der Waals surface area contributed by atoms with E-state index in [9.17, 15) is 19.5 Å². The number of carbonyl (C=O) groups excluding carboxylic acids is 2. The van der Waals surface area contributed by atoms with E-state index >= 15 is 0 Å². The molecule has 180 valence electrons. The van der Waals surface area contributed by atoms with Crippen LogP contribution in [0.3, 0.4) is 0 Å². The van der Waals surface area contributed by atoms with Gasteiger partial charge in [-0.25, -0.2) is 9.59 Å². The molecule has 35 heavy (non-hydrogen) atoms. The van der Waals surface area contributed by atoms with E-state index < -0.39 is 17.6 Å². The first-order valence-electron chi connectivity index (χ1n) is 11.3. The highest BCUT2D eigenvalue weighted by molar-refractivity contribution is 5.87. The van der Waals surface area contributed by atoms with E-state index in [4.69, 9.17) is 4.74 Å². The summed E-state index contributed by atoms with van der Waals surface area (Å²) in [5, 5.41) is 12.0. The fraction of sp³-hybridized carbons (Fsp3) is 0.259. The highest BCUT2D eigenvalue weighted by Crippen LogP contribution is 2.44. The summed E-state index contributed by atoms with van der Waals surface area (Å²) in [4.78, 5) is 41.6. The highest BCUT2D eigenvalue weighted by atomic mass is 16.5. The van der Waals surface area contributed by atoms with Crippen molar-refractivity contribution in [3.8, 4) is 11.1 Å². The maximum absolute atomic E-state index is 12.4. The normalized spacial score (nSPS) is 12.4. The van der Waals surface area contributed by atoms with Gasteiger partial charge in [0.2, 0.25) is 5.91 Å². The zero-order valence-corrected chi connectivity index (χ0v) is 19.8. The van der Waals surface area contributed by atoms with Crippen LogP contribution in [0.2, 0.25) is 0 Å². The molecule has 0 saturated carbocycles. The van der Waals surface area contributed by atoms with E-state index in [1.165, 1.54) is 32.0 Å². The van der Waals surface area contributed by atoms with Crippen molar-refractivity contribution in [3.05, 3.63) is 83.7 Å². The second-order valence-corrected chi connectivity index (χ2v) is 8.98. The number of fused-ring (bicyclic) bond motifs is 3. The molecule has 0 aliphatic heterocycles. The second-order valence-electron chi connectivity index (χ2n) is 8.98. The molecule has 1 aliphatic carbocycles.